The van der Waals surface area contributed by atoms with Crippen LogP contribution in [0.25, 0.3) is 0 Å². The predicted octanol–water partition coefficient (Wildman–Crippen LogP) is 1.76. The summed E-state index contributed by atoms with van der Waals surface area (Å²) in [5.41, 5.74) is 7.69. The molecule has 5 nitrogen and oxygen atoms in total. The van der Waals surface area contributed by atoms with Crippen molar-refractivity contribution in [3.05, 3.63) is 29.8 Å². The van der Waals surface area contributed by atoms with Crippen LogP contribution in [0.1, 0.15) is 31.9 Å². The van der Waals surface area contributed by atoms with Crippen LogP contribution in [0.2, 0.25) is 0 Å². The van der Waals surface area contributed by atoms with Crippen LogP contribution in [-0.2, 0) is 9.53 Å². The lowest BCUT2D eigenvalue weighted by molar-refractivity contribution is -0.116. The molecule has 0 spiro atoms. The second kappa shape index (κ2) is 7.54. The summed E-state index contributed by atoms with van der Waals surface area (Å²) in [5.74, 6) is -0.0426. The summed E-state index contributed by atoms with van der Waals surface area (Å²) in [7, 11) is 0. The number of benzene rings is 1. The Labute approximate surface area is 126 Å². The maximum absolute atomic E-state index is 11.7. The van der Waals surface area contributed by atoms with Crippen molar-refractivity contribution in [2.75, 3.05) is 31.6 Å². The third kappa shape index (κ3) is 4.81. The maximum Gasteiger partial charge on any atom is 0.225 e. The average Bonchev–Trinajstić information content (AvgIpc) is 2.47. The van der Waals surface area contributed by atoms with Crippen molar-refractivity contribution in [3.63, 3.8) is 0 Å². The van der Waals surface area contributed by atoms with Gasteiger partial charge in [-0.1, -0.05) is 12.1 Å². The van der Waals surface area contributed by atoms with Crippen molar-refractivity contribution in [1.82, 2.24) is 4.90 Å². The van der Waals surface area contributed by atoms with Crippen LogP contribution in [0.3, 0.4) is 0 Å². The Balaban J connectivity index is 1.93. The first-order chi connectivity index (χ1) is 10.1. The van der Waals surface area contributed by atoms with E-state index in [1.165, 1.54) is 5.56 Å². The Hall–Kier alpha value is -1.43. The highest BCUT2D eigenvalue weighted by Crippen LogP contribution is 2.22. The maximum atomic E-state index is 11.7. The summed E-state index contributed by atoms with van der Waals surface area (Å²) in [6.07, 6.45) is 0.339. The van der Waals surface area contributed by atoms with Crippen molar-refractivity contribution in [3.8, 4) is 0 Å². The molecule has 0 aliphatic carbocycles. The topological polar surface area (TPSA) is 67.6 Å². The Bertz CT molecular complexity index is 453. The number of nitrogens with zero attached hydrogens (tertiary/aromatic N) is 1. The molecule has 2 rings (SSSR count). The van der Waals surface area contributed by atoms with Gasteiger partial charge in [-0.05, 0) is 31.5 Å². The van der Waals surface area contributed by atoms with Gasteiger partial charge >= 0.3 is 0 Å². The van der Waals surface area contributed by atoms with Crippen LogP contribution in [-0.4, -0.2) is 43.2 Å². The molecule has 2 unspecified atom stereocenters. The summed E-state index contributed by atoms with van der Waals surface area (Å²) in [5, 5.41) is 2.87. The number of ether oxygens (including phenoxy) is 1. The molecule has 116 valence electrons. The lowest BCUT2D eigenvalue weighted by Gasteiger charge is -2.32. The minimum atomic E-state index is -0.120. The number of rotatable bonds is 5. The number of carbonyl (C=O) groups excluding carboxylic acids is 1. The van der Waals surface area contributed by atoms with Gasteiger partial charge in [0.05, 0.1) is 13.2 Å². The van der Waals surface area contributed by atoms with Crippen LogP contribution < -0.4 is 11.1 Å². The molecule has 1 amide bonds. The van der Waals surface area contributed by atoms with Gasteiger partial charge in [-0.2, -0.15) is 0 Å². The fourth-order valence-corrected chi connectivity index (χ4v) is 2.53. The second-order valence-electron chi connectivity index (χ2n) is 5.68. The van der Waals surface area contributed by atoms with Gasteiger partial charge < -0.3 is 15.8 Å². The van der Waals surface area contributed by atoms with E-state index in [0.29, 0.717) is 12.5 Å². The number of morpholine rings is 1. The largest absolute Gasteiger partial charge is 0.379 e. The van der Waals surface area contributed by atoms with Gasteiger partial charge in [0.25, 0.3) is 0 Å². The van der Waals surface area contributed by atoms with Crippen LogP contribution in [0.15, 0.2) is 24.3 Å². The van der Waals surface area contributed by atoms with E-state index in [1.54, 1.807) is 0 Å². The molecule has 21 heavy (non-hydrogen) atoms. The molecule has 5 heteroatoms. The zero-order valence-electron chi connectivity index (χ0n) is 12.8. The highest BCUT2D eigenvalue weighted by atomic mass is 16.5. The Morgan fingerprint density at radius 1 is 1.29 bits per heavy atom. The van der Waals surface area contributed by atoms with Crippen molar-refractivity contribution in [2.45, 2.75) is 32.4 Å². The number of amides is 1. The lowest BCUT2D eigenvalue weighted by atomic mass is 10.1. The molecular formula is C16H25N3O2. The summed E-state index contributed by atoms with van der Waals surface area (Å²) in [6, 6.07) is 8.29. The van der Waals surface area contributed by atoms with Gasteiger partial charge in [-0.25, -0.2) is 0 Å². The first-order valence-electron chi connectivity index (χ1n) is 7.53. The third-order valence-electron chi connectivity index (χ3n) is 3.78. The molecule has 0 saturated carbocycles. The van der Waals surface area contributed by atoms with Crippen LogP contribution in [0.5, 0.6) is 0 Å². The highest BCUT2D eigenvalue weighted by molar-refractivity contribution is 5.91. The van der Waals surface area contributed by atoms with Gasteiger partial charge in [0, 0.05) is 37.3 Å². The van der Waals surface area contributed by atoms with Crippen LogP contribution in [0.4, 0.5) is 5.69 Å². The first-order valence-corrected chi connectivity index (χ1v) is 7.53. The highest BCUT2D eigenvalue weighted by Gasteiger charge is 2.18. The molecule has 3 N–H and O–H groups in total. The number of anilines is 1. The van der Waals surface area contributed by atoms with E-state index < -0.39 is 0 Å². The van der Waals surface area contributed by atoms with Gasteiger partial charge in [-0.3, -0.25) is 9.69 Å². The fourth-order valence-electron chi connectivity index (χ4n) is 2.53. The van der Waals surface area contributed by atoms with Crippen molar-refractivity contribution >= 4 is 11.6 Å². The molecule has 1 fully saturated rings. The van der Waals surface area contributed by atoms with Crippen molar-refractivity contribution in [2.24, 2.45) is 5.73 Å². The minimum absolute atomic E-state index is 0.0426. The Morgan fingerprint density at radius 3 is 2.48 bits per heavy atom. The standard InChI is InChI=1S/C16H25N3O2/c1-12(17)11-16(20)18-15-5-3-14(4-6-15)13(2)19-7-9-21-10-8-19/h3-6,12-13H,7-11,17H2,1-2H3,(H,18,20). The van der Waals surface area contributed by atoms with E-state index in [2.05, 4.69) is 29.3 Å². The molecule has 1 heterocycles. The second-order valence-corrected chi connectivity index (χ2v) is 5.68. The number of carbonyl (C=O) groups is 1. The van der Waals surface area contributed by atoms with E-state index in [0.717, 1.165) is 32.0 Å². The fraction of sp³-hybridized carbons (Fsp3) is 0.562. The van der Waals surface area contributed by atoms with Gasteiger partial charge in [0.15, 0.2) is 0 Å². The van der Waals surface area contributed by atoms with Gasteiger partial charge in [0.1, 0.15) is 0 Å². The van der Waals surface area contributed by atoms with Crippen molar-refractivity contribution < 1.29 is 9.53 Å². The summed E-state index contributed by atoms with van der Waals surface area (Å²) < 4.78 is 5.38. The average molecular weight is 291 g/mol. The monoisotopic (exact) mass is 291 g/mol. The molecule has 1 aliphatic rings. The Kier molecular flexibility index (Phi) is 5.73. The van der Waals surface area contributed by atoms with Gasteiger partial charge in [0.2, 0.25) is 5.91 Å². The number of nitrogens with one attached hydrogen (secondary N) is 1. The molecule has 1 aromatic rings. The quantitative estimate of drug-likeness (QED) is 0.867. The van der Waals surface area contributed by atoms with Crippen molar-refractivity contribution in [1.29, 1.82) is 0 Å². The molecule has 0 bridgehead atoms. The number of hydrogen-bond donors (Lipinski definition) is 2. The van der Waals surface area contributed by atoms with E-state index in [-0.39, 0.29) is 11.9 Å². The van der Waals surface area contributed by atoms with E-state index in [4.69, 9.17) is 10.5 Å². The first kappa shape index (κ1) is 15.9. The number of nitrogens with two attached hydrogens (primary N) is 1. The molecule has 0 radical (unpaired) electrons. The van der Waals surface area contributed by atoms with E-state index in [9.17, 15) is 4.79 Å². The van der Waals surface area contributed by atoms with Gasteiger partial charge in [-0.15, -0.1) is 0 Å². The third-order valence-corrected chi connectivity index (χ3v) is 3.78. The molecule has 2 atom stereocenters. The normalized spacial score (nSPS) is 19.0. The summed E-state index contributed by atoms with van der Waals surface area (Å²) >= 11 is 0. The summed E-state index contributed by atoms with van der Waals surface area (Å²) in [4.78, 5) is 14.1. The van der Waals surface area contributed by atoms with E-state index in [1.807, 2.05) is 19.1 Å². The predicted molar refractivity (Wildman–Crippen MR) is 84.1 cm³/mol. The number of hydrogen-bond acceptors (Lipinski definition) is 4. The molecule has 0 aromatic heterocycles. The minimum Gasteiger partial charge on any atom is -0.379 e. The van der Waals surface area contributed by atoms with Crippen LogP contribution >= 0.6 is 0 Å². The zero-order valence-corrected chi connectivity index (χ0v) is 12.8. The molecular weight excluding hydrogens is 266 g/mol. The summed E-state index contributed by atoms with van der Waals surface area (Å²) in [6.45, 7) is 7.56. The lowest BCUT2D eigenvalue weighted by Crippen LogP contribution is -2.38. The molecule has 1 saturated heterocycles. The van der Waals surface area contributed by atoms with E-state index >= 15 is 0 Å². The smallest absolute Gasteiger partial charge is 0.225 e. The zero-order chi connectivity index (χ0) is 15.2. The van der Waals surface area contributed by atoms with Crippen LogP contribution in [0, 0.1) is 0 Å². The SMILES string of the molecule is CC(N)CC(=O)Nc1ccc(C(C)N2CCOCC2)cc1. The molecule has 1 aliphatic heterocycles. The molecule has 1 aromatic carbocycles. The Morgan fingerprint density at radius 2 is 1.90 bits per heavy atom.